The van der Waals surface area contributed by atoms with Gasteiger partial charge in [-0.25, -0.2) is 4.98 Å². The Kier molecular flexibility index (Phi) is 4.92. The highest BCUT2D eigenvalue weighted by molar-refractivity contribution is 7.99. The molecule has 0 amide bonds. The van der Waals surface area contributed by atoms with Crippen LogP contribution in [-0.4, -0.2) is 37.2 Å². The van der Waals surface area contributed by atoms with Crippen LogP contribution in [-0.2, 0) is 7.05 Å². The summed E-state index contributed by atoms with van der Waals surface area (Å²) in [5.41, 5.74) is -0.143. The minimum Gasteiger partial charge on any atom is -0.393 e. The van der Waals surface area contributed by atoms with Crippen LogP contribution in [0.2, 0.25) is 0 Å². The highest BCUT2D eigenvalue weighted by atomic mass is 32.2. The summed E-state index contributed by atoms with van der Waals surface area (Å²) < 4.78 is 2.05. The third kappa shape index (κ3) is 2.97. The van der Waals surface area contributed by atoms with Gasteiger partial charge in [0.2, 0.25) is 0 Å². The maximum atomic E-state index is 11.9. The lowest BCUT2D eigenvalue weighted by molar-refractivity contribution is -0.152. The molecule has 1 aromatic rings. The molecule has 0 unspecified atom stereocenters. The van der Waals surface area contributed by atoms with Crippen molar-refractivity contribution in [1.82, 2.24) is 9.55 Å². The first-order valence-electron chi connectivity index (χ1n) is 11.8. The van der Waals surface area contributed by atoms with E-state index in [9.17, 15) is 10.2 Å². The van der Waals surface area contributed by atoms with Gasteiger partial charge >= 0.3 is 0 Å². The number of thioether (sulfide) groups is 1. The van der Waals surface area contributed by atoms with Crippen molar-refractivity contribution < 1.29 is 10.2 Å². The van der Waals surface area contributed by atoms with Crippen LogP contribution in [0.3, 0.4) is 0 Å². The second-order valence-corrected chi connectivity index (χ2v) is 12.2. The number of aliphatic hydroxyl groups is 2. The smallest absolute Gasteiger partial charge is 0.167 e. The van der Waals surface area contributed by atoms with Gasteiger partial charge in [-0.05, 0) is 86.9 Å². The normalized spacial score (nSPS) is 49.3. The molecule has 4 aliphatic rings. The van der Waals surface area contributed by atoms with E-state index in [1.807, 2.05) is 19.4 Å². The van der Waals surface area contributed by atoms with Crippen molar-refractivity contribution in [3.05, 3.63) is 12.4 Å². The number of nitrogens with zero attached hydrogens (tertiary/aromatic N) is 2. The molecule has 5 rings (SSSR count). The van der Waals surface area contributed by atoms with Gasteiger partial charge in [0.1, 0.15) is 0 Å². The fourth-order valence-corrected chi connectivity index (χ4v) is 9.50. The minimum absolute atomic E-state index is 0.0315. The van der Waals surface area contributed by atoms with Crippen LogP contribution in [0, 0.1) is 34.5 Å². The zero-order chi connectivity index (χ0) is 20.4. The second-order valence-electron chi connectivity index (χ2n) is 11.2. The number of imidazole rings is 1. The molecule has 4 fully saturated rings. The molecule has 0 aromatic carbocycles. The van der Waals surface area contributed by atoms with Gasteiger partial charge in [-0.3, -0.25) is 0 Å². The molecule has 2 N–H and O–H groups in total. The lowest BCUT2D eigenvalue weighted by Gasteiger charge is -2.61. The first-order valence-corrected chi connectivity index (χ1v) is 12.8. The Balaban J connectivity index is 1.36. The van der Waals surface area contributed by atoms with Crippen molar-refractivity contribution in [2.75, 3.05) is 5.75 Å². The molecule has 0 bridgehead atoms. The van der Waals surface area contributed by atoms with E-state index in [1.54, 1.807) is 11.8 Å². The first-order chi connectivity index (χ1) is 13.8. The number of rotatable bonds is 3. The van der Waals surface area contributed by atoms with Gasteiger partial charge in [0.15, 0.2) is 5.16 Å². The Morgan fingerprint density at radius 1 is 1.10 bits per heavy atom. The van der Waals surface area contributed by atoms with Crippen LogP contribution in [0.5, 0.6) is 0 Å². The summed E-state index contributed by atoms with van der Waals surface area (Å²) in [5.74, 6) is 3.66. The minimum atomic E-state index is -0.584. The summed E-state index contributed by atoms with van der Waals surface area (Å²) in [5, 5.41) is 23.1. The van der Waals surface area contributed by atoms with Gasteiger partial charge in [0, 0.05) is 30.6 Å². The molecule has 1 aromatic heterocycles. The molecular formula is C24H38N2O2S. The fraction of sp³-hybridized carbons (Fsp3) is 0.875. The third-order valence-electron chi connectivity index (χ3n) is 10.2. The van der Waals surface area contributed by atoms with E-state index in [4.69, 9.17) is 0 Å². The molecular weight excluding hydrogens is 380 g/mol. The number of fused-ring (bicyclic) bond motifs is 5. The predicted molar refractivity (Wildman–Crippen MR) is 117 cm³/mol. The molecule has 4 saturated carbocycles. The Bertz CT molecular complexity index is 768. The SMILES string of the molecule is Cn1ccnc1SC[C@@]1(O)CC[C@H]2[C@@H]3CC[C@@H]4C[C@@H](O)CC[C@@]4(C)[C@@H]3CC[C@]21C. The molecule has 162 valence electrons. The zero-order valence-electron chi connectivity index (χ0n) is 18.3. The van der Waals surface area contributed by atoms with Gasteiger partial charge < -0.3 is 14.8 Å². The average molecular weight is 419 g/mol. The van der Waals surface area contributed by atoms with Gasteiger partial charge in [-0.15, -0.1) is 0 Å². The van der Waals surface area contributed by atoms with Crippen LogP contribution in [0.1, 0.15) is 71.6 Å². The van der Waals surface area contributed by atoms with Crippen LogP contribution >= 0.6 is 11.8 Å². The summed E-state index contributed by atoms with van der Waals surface area (Å²) in [7, 11) is 2.03. The lowest BCUT2D eigenvalue weighted by Crippen LogP contribution is -2.57. The van der Waals surface area contributed by atoms with Crippen LogP contribution in [0.4, 0.5) is 0 Å². The van der Waals surface area contributed by atoms with Crippen LogP contribution < -0.4 is 0 Å². The summed E-state index contributed by atoms with van der Waals surface area (Å²) in [6.45, 7) is 4.94. The van der Waals surface area contributed by atoms with Gasteiger partial charge in [-0.1, -0.05) is 25.6 Å². The number of hydrogen-bond acceptors (Lipinski definition) is 4. The molecule has 0 radical (unpaired) electrons. The maximum absolute atomic E-state index is 11.9. The standard InChI is InChI=1S/C24H38N2O2S/c1-22-9-6-17(27)14-16(22)4-5-18-19(22)7-10-23(2)20(18)8-11-24(23,28)15-29-21-25-12-13-26(21)3/h12-13,16-20,27-28H,4-11,14-15H2,1-3H3/t16-,17+,18-,19-,20+,22-,23-,24+/m1/s1. The fourth-order valence-electron chi connectivity index (χ4n) is 8.26. The largest absolute Gasteiger partial charge is 0.393 e. The van der Waals surface area contributed by atoms with E-state index in [0.29, 0.717) is 17.3 Å². The second kappa shape index (κ2) is 7.00. The zero-order valence-corrected chi connectivity index (χ0v) is 19.1. The predicted octanol–water partition coefficient (Wildman–Crippen LogP) is 4.65. The molecule has 29 heavy (non-hydrogen) atoms. The van der Waals surface area contributed by atoms with E-state index >= 15 is 0 Å². The number of aromatic nitrogens is 2. The van der Waals surface area contributed by atoms with E-state index in [0.717, 1.165) is 48.4 Å². The summed E-state index contributed by atoms with van der Waals surface area (Å²) in [6.07, 6.45) is 14.1. The molecule has 4 nitrogen and oxygen atoms in total. The van der Waals surface area contributed by atoms with Crippen molar-refractivity contribution in [3.8, 4) is 0 Å². The summed E-state index contributed by atoms with van der Waals surface area (Å²) >= 11 is 1.73. The molecule has 8 atom stereocenters. The number of aliphatic hydroxyl groups excluding tert-OH is 1. The highest BCUT2D eigenvalue weighted by Crippen LogP contribution is 2.68. The molecule has 1 heterocycles. The van der Waals surface area contributed by atoms with Gasteiger partial charge in [0.25, 0.3) is 0 Å². The van der Waals surface area contributed by atoms with Crippen molar-refractivity contribution >= 4 is 11.8 Å². The van der Waals surface area contributed by atoms with E-state index in [1.165, 1.54) is 32.1 Å². The van der Waals surface area contributed by atoms with Crippen molar-refractivity contribution in [2.24, 2.45) is 41.5 Å². The molecule has 0 spiro atoms. The average Bonchev–Trinajstić information content (AvgIpc) is 3.22. The summed E-state index contributed by atoms with van der Waals surface area (Å²) in [4.78, 5) is 4.45. The van der Waals surface area contributed by atoms with Crippen molar-refractivity contribution in [2.45, 2.75) is 88.5 Å². The molecule has 0 saturated heterocycles. The Morgan fingerprint density at radius 3 is 2.66 bits per heavy atom. The first kappa shape index (κ1) is 20.4. The topological polar surface area (TPSA) is 58.3 Å². The lowest BCUT2D eigenvalue weighted by atomic mass is 9.44. The number of hydrogen-bond donors (Lipinski definition) is 2. The summed E-state index contributed by atoms with van der Waals surface area (Å²) in [6, 6.07) is 0. The monoisotopic (exact) mass is 418 g/mol. The molecule has 0 aliphatic heterocycles. The van der Waals surface area contributed by atoms with E-state index < -0.39 is 5.60 Å². The third-order valence-corrected chi connectivity index (χ3v) is 11.5. The Morgan fingerprint density at radius 2 is 1.90 bits per heavy atom. The molecule has 5 heteroatoms. The van der Waals surface area contributed by atoms with Gasteiger partial charge in [0.05, 0.1) is 11.7 Å². The van der Waals surface area contributed by atoms with Crippen LogP contribution in [0.25, 0.3) is 0 Å². The highest BCUT2D eigenvalue weighted by Gasteiger charge is 2.64. The van der Waals surface area contributed by atoms with Crippen molar-refractivity contribution in [3.63, 3.8) is 0 Å². The van der Waals surface area contributed by atoms with Crippen molar-refractivity contribution in [1.29, 1.82) is 0 Å². The maximum Gasteiger partial charge on any atom is 0.167 e. The molecule has 4 aliphatic carbocycles. The van der Waals surface area contributed by atoms with E-state index in [-0.39, 0.29) is 11.5 Å². The van der Waals surface area contributed by atoms with Crippen LogP contribution in [0.15, 0.2) is 17.6 Å². The Labute approximate surface area is 179 Å². The van der Waals surface area contributed by atoms with E-state index in [2.05, 4.69) is 23.4 Å². The quantitative estimate of drug-likeness (QED) is 0.702. The van der Waals surface area contributed by atoms with Gasteiger partial charge in [-0.2, -0.15) is 0 Å². The Hall–Kier alpha value is -0.520. The number of aryl methyl sites for hydroxylation is 1.